The molecule has 1 unspecified atom stereocenters. The van der Waals surface area contributed by atoms with Gasteiger partial charge in [-0.15, -0.1) is 11.3 Å². The van der Waals surface area contributed by atoms with Crippen molar-refractivity contribution in [1.82, 2.24) is 5.32 Å². The van der Waals surface area contributed by atoms with E-state index in [0.717, 1.165) is 21.0 Å². The van der Waals surface area contributed by atoms with Crippen LogP contribution in [0.5, 0.6) is 5.75 Å². The van der Waals surface area contributed by atoms with Crippen molar-refractivity contribution in [3.8, 4) is 5.75 Å². The summed E-state index contributed by atoms with van der Waals surface area (Å²) in [5.74, 6) is -0.128. The van der Waals surface area contributed by atoms with E-state index in [9.17, 15) is 4.39 Å². The molecule has 2 rings (SSSR count). The Morgan fingerprint density at radius 2 is 2.16 bits per heavy atom. The lowest BCUT2D eigenvalue weighted by atomic mass is 10.0. The largest absolute Gasteiger partial charge is 0.494 e. The molecular weight excluding hydrogens is 285 g/mol. The average Bonchev–Trinajstić information content (AvgIpc) is 2.72. The predicted molar refractivity (Wildman–Crippen MR) is 77.9 cm³/mol. The molecule has 1 aromatic carbocycles. The lowest BCUT2D eigenvalue weighted by molar-refractivity contribution is 0.386. The Bertz CT molecular complexity index is 585. The Hall–Kier alpha value is -1.10. The lowest BCUT2D eigenvalue weighted by Gasteiger charge is -2.16. The molecule has 0 bridgehead atoms. The van der Waals surface area contributed by atoms with Crippen molar-refractivity contribution < 1.29 is 9.13 Å². The number of halogens is 2. The van der Waals surface area contributed by atoms with Crippen molar-refractivity contribution in [3.05, 3.63) is 50.4 Å². The van der Waals surface area contributed by atoms with Crippen LogP contribution in [0.2, 0.25) is 5.02 Å². The first-order chi connectivity index (χ1) is 9.08. The molecule has 2 aromatic rings. The quantitative estimate of drug-likeness (QED) is 0.915. The van der Waals surface area contributed by atoms with E-state index in [1.165, 1.54) is 13.2 Å². The summed E-state index contributed by atoms with van der Waals surface area (Å²) in [5, 5.41) is 5.91. The molecule has 0 radical (unpaired) electrons. The van der Waals surface area contributed by atoms with Crippen molar-refractivity contribution >= 4 is 22.9 Å². The second-order valence-electron chi connectivity index (χ2n) is 4.21. The normalized spacial score (nSPS) is 12.5. The van der Waals surface area contributed by atoms with Crippen LogP contribution in [-0.4, -0.2) is 14.2 Å². The number of ether oxygens (including phenoxy) is 1. The van der Waals surface area contributed by atoms with E-state index < -0.39 is 0 Å². The zero-order valence-electron chi connectivity index (χ0n) is 11.0. The minimum Gasteiger partial charge on any atom is -0.494 e. The third kappa shape index (κ3) is 2.76. The van der Waals surface area contributed by atoms with Crippen LogP contribution in [-0.2, 0) is 0 Å². The summed E-state index contributed by atoms with van der Waals surface area (Å²) in [5.41, 5.74) is 1.86. The number of rotatable bonds is 4. The third-order valence-corrected chi connectivity index (χ3v) is 4.76. The molecule has 0 aliphatic carbocycles. The average molecular weight is 300 g/mol. The highest BCUT2D eigenvalue weighted by Crippen LogP contribution is 2.36. The highest BCUT2D eigenvalue weighted by molar-refractivity contribution is 7.10. The Labute approximate surface area is 121 Å². The van der Waals surface area contributed by atoms with E-state index in [1.54, 1.807) is 17.4 Å². The molecule has 0 fully saturated rings. The summed E-state index contributed by atoms with van der Waals surface area (Å²) in [6.45, 7) is 1.96. The summed E-state index contributed by atoms with van der Waals surface area (Å²) in [6, 6.07) is 4.83. The van der Waals surface area contributed by atoms with Crippen LogP contribution in [0.15, 0.2) is 23.6 Å². The topological polar surface area (TPSA) is 21.3 Å². The molecule has 1 aromatic heterocycles. The van der Waals surface area contributed by atoms with E-state index >= 15 is 0 Å². The molecule has 1 N–H and O–H groups in total. The molecule has 0 saturated heterocycles. The van der Waals surface area contributed by atoms with Crippen molar-refractivity contribution in [1.29, 1.82) is 0 Å². The summed E-state index contributed by atoms with van der Waals surface area (Å²) in [6.07, 6.45) is 0. The highest BCUT2D eigenvalue weighted by atomic mass is 35.5. The fourth-order valence-corrected chi connectivity index (χ4v) is 3.39. The first kappa shape index (κ1) is 14.3. The van der Waals surface area contributed by atoms with Gasteiger partial charge in [-0.1, -0.05) is 17.7 Å². The maximum Gasteiger partial charge on any atom is 0.165 e. The predicted octanol–water partition coefficient (Wildman–Crippen LogP) is 4.17. The van der Waals surface area contributed by atoms with E-state index in [-0.39, 0.29) is 17.6 Å². The maximum absolute atomic E-state index is 13.8. The molecule has 0 saturated carbocycles. The van der Waals surface area contributed by atoms with E-state index in [1.807, 2.05) is 25.4 Å². The first-order valence-electron chi connectivity index (χ1n) is 5.82. The molecule has 1 atom stereocenters. The van der Waals surface area contributed by atoms with Crippen LogP contribution in [0, 0.1) is 12.7 Å². The molecular formula is C14H15ClFNOS. The Morgan fingerprint density at radius 3 is 2.63 bits per heavy atom. The molecule has 0 amide bonds. The molecule has 1 heterocycles. The Kier molecular flexibility index (Phi) is 4.45. The summed E-state index contributed by atoms with van der Waals surface area (Å²) >= 11 is 7.85. The first-order valence-corrected chi connectivity index (χ1v) is 7.08. The van der Waals surface area contributed by atoms with Crippen LogP contribution >= 0.6 is 22.9 Å². The monoisotopic (exact) mass is 299 g/mol. The second kappa shape index (κ2) is 5.90. The fourth-order valence-electron chi connectivity index (χ4n) is 1.96. The van der Waals surface area contributed by atoms with Gasteiger partial charge in [0.1, 0.15) is 0 Å². The van der Waals surface area contributed by atoms with E-state index in [0.29, 0.717) is 0 Å². The van der Waals surface area contributed by atoms with Crippen molar-refractivity contribution in [2.75, 3.05) is 14.2 Å². The van der Waals surface area contributed by atoms with Gasteiger partial charge in [0.2, 0.25) is 0 Å². The van der Waals surface area contributed by atoms with Gasteiger partial charge < -0.3 is 10.1 Å². The van der Waals surface area contributed by atoms with Crippen LogP contribution in [0.25, 0.3) is 0 Å². The zero-order valence-corrected chi connectivity index (χ0v) is 12.5. The minimum atomic E-state index is -0.371. The molecule has 0 spiro atoms. The minimum absolute atomic E-state index is 0.119. The van der Waals surface area contributed by atoms with Gasteiger partial charge in [0.15, 0.2) is 11.6 Å². The summed E-state index contributed by atoms with van der Waals surface area (Å²) < 4.78 is 18.7. The van der Waals surface area contributed by atoms with E-state index in [4.69, 9.17) is 16.3 Å². The smallest absolute Gasteiger partial charge is 0.165 e. The lowest BCUT2D eigenvalue weighted by Crippen LogP contribution is -2.17. The van der Waals surface area contributed by atoms with Crippen LogP contribution in [0.1, 0.15) is 22.0 Å². The number of thiophene rings is 1. The third-order valence-electron chi connectivity index (χ3n) is 2.99. The van der Waals surface area contributed by atoms with Gasteiger partial charge in [-0.3, -0.25) is 0 Å². The molecule has 19 heavy (non-hydrogen) atoms. The Morgan fingerprint density at radius 1 is 1.42 bits per heavy atom. The van der Waals surface area contributed by atoms with E-state index in [2.05, 4.69) is 5.32 Å². The van der Waals surface area contributed by atoms with Crippen LogP contribution in [0.3, 0.4) is 0 Å². The number of nitrogens with one attached hydrogen (secondary N) is 1. The van der Waals surface area contributed by atoms with Crippen molar-refractivity contribution in [3.63, 3.8) is 0 Å². The van der Waals surface area contributed by atoms with Gasteiger partial charge in [-0.05, 0) is 42.6 Å². The van der Waals surface area contributed by atoms with Gasteiger partial charge in [-0.2, -0.15) is 0 Å². The molecule has 0 aliphatic heterocycles. The molecule has 5 heteroatoms. The number of methoxy groups -OCH3 is 1. The van der Waals surface area contributed by atoms with Gasteiger partial charge in [-0.25, -0.2) is 4.39 Å². The zero-order chi connectivity index (χ0) is 14.0. The van der Waals surface area contributed by atoms with Crippen molar-refractivity contribution in [2.45, 2.75) is 13.0 Å². The number of hydrogen-bond donors (Lipinski definition) is 1. The summed E-state index contributed by atoms with van der Waals surface area (Å²) in [4.78, 5) is 0.992. The fraction of sp³-hybridized carbons (Fsp3) is 0.286. The number of hydrogen-bond acceptors (Lipinski definition) is 3. The van der Waals surface area contributed by atoms with Gasteiger partial charge in [0.05, 0.1) is 18.2 Å². The molecule has 2 nitrogen and oxygen atoms in total. The maximum atomic E-state index is 13.8. The second-order valence-corrected chi connectivity index (χ2v) is 5.50. The number of aryl methyl sites for hydroxylation is 1. The van der Waals surface area contributed by atoms with Gasteiger partial charge in [0.25, 0.3) is 0 Å². The number of benzene rings is 1. The van der Waals surface area contributed by atoms with Gasteiger partial charge >= 0.3 is 0 Å². The standard InChI is InChI=1S/C14H15ClFNOS/c1-8-7-19-14(12(8)15)13(17-2)9-4-5-11(18-3)10(16)6-9/h4-7,13,17H,1-3H3. The molecule has 0 aliphatic rings. The SMILES string of the molecule is CNC(c1ccc(OC)c(F)c1)c1scc(C)c1Cl. The van der Waals surface area contributed by atoms with Crippen LogP contribution in [0.4, 0.5) is 4.39 Å². The van der Waals surface area contributed by atoms with Crippen molar-refractivity contribution in [2.24, 2.45) is 0 Å². The molecule has 102 valence electrons. The Balaban J connectivity index is 2.42. The highest BCUT2D eigenvalue weighted by Gasteiger charge is 2.19. The van der Waals surface area contributed by atoms with Gasteiger partial charge in [0, 0.05) is 4.88 Å². The summed E-state index contributed by atoms with van der Waals surface area (Å²) in [7, 11) is 3.28. The van der Waals surface area contributed by atoms with Crippen LogP contribution < -0.4 is 10.1 Å².